The molecule has 1 saturated heterocycles. The van der Waals surface area contributed by atoms with Crippen molar-refractivity contribution in [3.05, 3.63) is 28.8 Å². The van der Waals surface area contributed by atoms with Gasteiger partial charge in [0.15, 0.2) is 0 Å². The maximum Gasteiger partial charge on any atom is 0.251 e. The molecule has 2 rings (SSSR count). The van der Waals surface area contributed by atoms with Crippen LogP contribution in [0.1, 0.15) is 43.5 Å². The third kappa shape index (κ3) is 4.61. The molecule has 7 heteroatoms. The summed E-state index contributed by atoms with van der Waals surface area (Å²) in [6, 6.07) is 4.77. The smallest absolute Gasteiger partial charge is 0.251 e. The first-order valence-corrected chi connectivity index (χ1v) is 9.88. The van der Waals surface area contributed by atoms with Crippen LogP contribution in [0.2, 0.25) is 5.02 Å². The molecule has 0 aliphatic carbocycles. The Kier molecular flexibility index (Phi) is 5.92. The minimum Gasteiger partial charge on any atom is -0.352 e. The fourth-order valence-electron chi connectivity index (χ4n) is 2.48. The van der Waals surface area contributed by atoms with Crippen LogP contribution in [0.3, 0.4) is 0 Å². The van der Waals surface area contributed by atoms with Gasteiger partial charge in [-0.1, -0.05) is 25.4 Å². The third-order valence-electron chi connectivity index (χ3n) is 3.83. The van der Waals surface area contributed by atoms with Gasteiger partial charge in [0.05, 0.1) is 16.5 Å². The summed E-state index contributed by atoms with van der Waals surface area (Å²) in [5, 5.41) is 3.19. The molecule has 0 saturated carbocycles. The Morgan fingerprint density at radius 3 is 2.74 bits per heavy atom. The van der Waals surface area contributed by atoms with Gasteiger partial charge >= 0.3 is 0 Å². The summed E-state index contributed by atoms with van der Waals surface area (Å²) < 4.78 is 25.8. The molecular weight excluding hydrogens is 336 g/mol. The lowest BCUT2D eigenvalue weighted by atomic mass is 10.1. The first kappa shape index (κ1) is 18.1. The zero-order valence-corrected chi connectivity index (χ0v) is 15.1. The summed E-state index contributed by atoms with van der Waals surface area (Å²) in [7, 11) is -3.35. The van der Waals surface area contributed by atoms with Gasteiger partial charge in [0.25, 0.3) is 5.91 Å². The highest BCUT2D eigenvalue weighted by molar-refractivity contribution is 7.92. The number of hydrogen-bond donors (Lipinski definition) is 1. The molecule has 1 aliphatic rings. The molecule has 0 radical (unpaired) electrons. The number of benzene rings is 1. The van der Waals surface area contributed by atoms with E-state index < -0.39 is 10.0 Å². The average Bonchev–Trinajstić information content (AvgIpc) is 2.47. The standard InChI is InChI=1S/C16H23ClN2O3S/c1-12(2)7-8-18-16(20)13-5-6-14(17)15(11-13)19-9-3-4-10-23(19,21)22/h5-6,11-12H,3-4,7-10H2,1-2H3,(H,18,20). The molecule has 1 fully saturated rings. The molecule has 0 aromatic heterocycles. The predicted octanol–water partition coefficient (Wildman–Crippen LogP) is 3.05. The van der Waals surface area contributed by atoms with Crippen LogP contribution in [0.25, 0.3) is 0 Å². The van der Waals surface area contributed by atoms with Crippen molar-refractivity contribution in [2.24, 2.45) is 5.92 Å². The van der Waals surface area contributed by atoms with Gasteiger partial charge in [-0.3, -0.25) is 9.10 Å². The zero-order valence-electron chi connectivity index (χ0n) is 13.5. The van der Waals surface area contributed by atoms with Crippen LogP contribution in [-0.4, -0.2) is 33.2 Å². The van der Waals surface area contributed by atoms with Gasteiger partial charge in [0.1, 0.15) is 0 Å². The number of rotatable bonds is 5. The molecular formula is C16H23ClN2O3S. The normalized spacial score (nSPS) is 17.3. The number of halogens is 1. The third-order valence-corrected chi connectivity index (χ3v) is 6.01. The highest BCUT2D eigenvalue weighted by Crippen LogP contribution is 2.31. The molecule has 1 heterocycles. The van der Waals surface area contributed by atoms with E-state index in [1.165, 1.54) is 4.31 Å². The summed E-state index contributed by atoms with van der Waals surface area (Å²) in [6.45, 7) is 5.18. The molecule has 128 valence electrons. The lowest BCUT2D eigenvalue weighted by Crippen LogP contribution is -2.38. The number of carbonyl (C=O) groups excluding carboxylic acids is 1. The van der Waals surface area contributed by atoms with Crippen LogP contribution in [0.5, 0.6) is 0 Å². The largest absolute Gasteiger partial charge is 0.352 e. The highest BCUT2D eigenvalue weighted by Gasteiger charge is 2.28. The van der Waals surface area contributed by atoms with Crippen LogP contribution in [0.15, 0.2) is 18.2 Å². The first-order chi connectivity index (χ1) is 10.8. The van der Waals surface area contributed by atoms with Crippen LogP contribution >= 0.6 is 11.6 Å². The second kappa shape index (κ2) is 7.53. The van der Waals surface area contributed by atoms with E-state index in [1.807, 2.05) is 0 Å². The first-order valence-electron chi connectivity index (χ1n) is 7.89. The van der Waals surface area contributed by atoms with E-state index in [1.54, 1.807) is 18.2 Å². The SMILES string of the molecule is CC(C)CCNC(=O)c1ccc(Cl)c(N2CCCCS2(=O)=O)c1. The lowest BCUT2D eigenvalue weighted by molar-refractivity contribution is 0.0952. The molecule has 1 aliphatic heterocycles. The van der Waals surface area contributed by atoms with Gasteiger partial charge < -0.3 is 5.32 Å². The van der Waals surface area contributed by atoms with Crippen molar-refractivity contribution in [1.29, 1.82) is 0 Å². The summed E-state index contributed by atoms with van der Waals surface area (Å²) in [5.41, 5.74) is 0.816. The minimum absolute atomic E-state index is 0.119. The molecule has 23 heavy (non-hydrogen) atoms. The lowest BCUT2D eigenvalue weighted by Gasteiger charge is -2.29. The van der Waals surface area contributed by atoms with Crippen LogP contribution in [0.4, 0.5) is 5.69 Å². The molecule has 1 aromatic rings. The molecule has 1 N–H and O–H groups in total. The Morgan fingerprint density at radius 2 is 2.09 bits per heavy atom. The zero-order chi connectivity index (χ0) is 17.0. The monoisotopic (exact) mass is 358 g/mol. The average molecular weight is 359 g/mol. The topological polar surface area (TPSA) is 66.5 Å². The predicted molar refractivity (Wildman–Crippen MR) is 93.6 cm³/mol. The highest BCUT2D eigenvalue weighted by atomic mass is 35.5. The van der Waals surface area contributed by atoms with Crippen molar-refractivity contribution in [2.75, 3.05) is 23.1 Å². The van der Waals surface area contributed by atoms with Gasteiger partial charge in [-0.05, 0) is 43.4 Å². The van der Waals surface area contributed by atoms with E-state index in [0.29, 0.717) is 41.7 Å². The van der Waals surface area contributed by atoms with E-state index in [0.717, 1.165) is 12.8 Å². The van der Waals surface area contributed by atoms with Crippen molar-refractivity contribution in [1.82, 2.24) is 5.32 Å². The second-order valence-electron chi connectivity index (χ2n) is 6.20. The minimum atomic E-state index is -3.35. The van der Waals surface area contributed by atoms with Gasteiger partial charge in [-0.2, -0.15) is 0 Å². The fourth-order valence-corrected chi connectivity index (χ4v) is 4.40. The fraction of sp³-hybridized carbons (Fsp3) is 0.562. The van der Waals surface area contributed by atoms with E-state index in [-0.39, 0.29) is 11.7 Å². The Labute approximate surface area is 143 Å². The number of sulfonamides is 1. The maximum absolute atomic E-state index is 12.2. The van der Waals surface area contributed by atoms with Gasteiger partial charge in [-0.25, -0.2) is 8.42 Å². The summed E-state index contributed by atoms with van der Waals surface area (Å²) >= 11 is 6.17. The molecule has 0 spiro atoms. The molecule has 1 aromatic carbocycles. The number of nitrogens with zero attached hydrogens (tertiary/aromatic N) is 1. The molecule has 5 nitrogen and oxygen atoms in total. The number of hydrogen-bond acceptors (Lipinski definition) is 3. The van der Waals surface area contributed by atoms with E-state index in [9.17, 15) is 13.2 Å². The Hall–Kier alpha value is -1.27. The summed E-state index contributed by atoms with van der Waals surface area (Å²) in [6.07, 6.45) is 2.35. The van der Waals surface area contributed by atoms with E-state index in [2.05, 4.69) is 19.2 Å². The molecule has 0 bridgehead atoms. The van der Waals surface area contributed by atoms with Crippen molar-refractivity contribution in [3.63, 3.8) is 0 Å². The van der Waals surface area contributed by atoms with Crippen LogP contribution in [0, 0.1) is 5.92 Å². The maximum atomic E-state index is 12.2. The second-order valence-corrected chi connectivity index (χ2v) is 8.62. The Balaban J connectivity index is 2.20. The van der Waals surface area contributed by atoms with Gasteiger partial charge in [0.2, 0.25) is 10.0 Å². The van der Waals surface area contributed by atoms with Gasteiger partial charge in [0, 0.05) is 18.7 Å². The number of carbonyl (C=O) groups is 1. The molecule has 0 atom stereocenters. The van der Waals surface area contributed by atoms with Crippen molar-refractivity contribution in [3.8, 4) is 0 Å². The Morgan fingerprint density at radius 1 is 1.35 bits per heavy atom. The van der Waals surface area contributed by atoms with Crippen LogP contribution < -0.4 is 9.62 Å². The number of anilines is 1. The van der Waals surface area contributed by atoms with Gasteiger partial charge in [-0.15, -0.1) is 0 Å². The molecule has 1 amide bonds. The molecule has 0 unspecified atom stereocenters. The summed E-state index contributed by atoms with van der Waals surface area (Å²) in [5.74, 6) is 0.418. The number of nitrogens with one attached hydrogen (secondary N) is 1. The van der Waals surface area contributed by atoms with E-state index in [4.69, 9.17) is 11.6 Å². The Bertz CT molecular complexity index is 674. The van der Waals surface area contributed by atoms with Crippen molar-refractivity contribution in [2.45, 2.75) is 33.1 Å². The van der Waals surface area contributed by atoms with Crippen LogP contribution in [-0.2, 0) is 10.0 Å². The summed E-state index contributed by atoms with van der Waals surface area (Å²) in [4.78, 5) is 12.2. The van der Waals surface area contributed by atoms with Crippen molar-refractivity contribution < 1.29 is 13.2 Å². The van der Waals surface area contributed by atoms with Crippen molar-refractivity contribution >= 4 is 33.2 Å². The van der Waals surface area contributed by atoms with E-state index >= 15 is 0 Å². The number of amides is 1. The quantitative estimate of drug-likeness (QED) is 0.879.